The first-order valence-electron chi connectivity index (χ1n) is 9.90. The number of likely N-dealkylation sites (tertiary alicyclic amines) is 1. The number of nitrogens with zero attached hydrogens (tertiary/aromatic N) is 3. The van der Waals surface area contributed by atoms with E-state index in [1.54, 1.807) is 11.0 Å². The molecule has 0 radical (unpaired) electrons. The Labute approximate surface area is 161 Å². The molecule has 2 saturated heterocycles. The first-order valence-corrected chi connectivity index (χ1v) is 11.3. The van der Waals surface area contributed by atoms with E-state index in [0.29, 0.717) is 19.6 Å². The summed E-state index contributed by atoms with van der Waals surface area (Å²) in [5.41, 5.74) is -0.611. The normalized spacial score (nSPS) is 22.4. The largest absolute Gasteiger partial charge is 0.338 e. The second-order valence-corrected chi connectivity index (χ2v) is 9.46. The lowest BCUT2D eigenvalue weighted by Crippen LogP contribution is -2.45. The third-order valence-electron chi connectivity index (χ3n) is 5.60. The van der Waals surface area contributed by atoms with Crippen molar-refractivity contribution in [1.82, 2.24) is 13.8 Å². The summed E-state index contributed by atoms with van der Waals surface area (Å²) in [5.74, 6) is -0.131. The second-order valence-electron chi connectivity index (χ2n) is 7.56. The van der Waals surface area contributed by atoms with Gasteiger partial charge in [0.15, 0.2) is 0 Å². The van der Waals surface area contributed by atoms with E-state index in [-0.39, 0.29) is 23.4 Å². The van der Waals surface area contributed by atoms with Crippen molar-refractivity contribution in [3.63, 3.8) is 0 Å². The van der Waals surface area contributed by atoms with E-state index < -0.39 is 15.6 Å². The molecule has 1 aromatic rings. The number of aromatic nitrogens is 1. The molecule has 0 N–H and O–H groups in total. The fourth-order valence-corrected chi connectivity index (χ4v) is 5.57. The minimum atomic E-state index is -3.83. The lowest BCUT2D eigenvalue weighted by atomic mass is 10.0. The number of hydrogen-bond donors (Lipinski definition) is 0. The Bertz CT molecular complexity index is 826. The molecule has 1 atom stereocenters. The van der Waals surface area contributed by atoms with Gasteiger partial charge in [-0.05, 0) is 51.2 Å². The van der Waals surface area contributed by atoms with Crippen molar-refractivity contribution in [3.05, 3.63) is 28.7 Å². The van der Waals surface area contributed by atoms with Crippen LogP contribution >= 0.6 is 0 Å². The second kappa shape index (κ2) is 8.56. The van der Waals surface area contributed by atoms with Crippen molar-refractivity contribution in [2.75, 3.05) is 19.6 Å². The summed E-state index contributed by atoms with van der Waals surface area (Å²) in [6.07, 6.45) is 8.17. The fourth-order valence-electron chi connectivity index (χ4n) is 3.96. The molecule has 8 heteroatoms. The minimum absolute atomic E-state index is 0.119. The van der Waals surface area contributed by atoms with E-state index in [9.17, 15) is 18.0 Å². The summed E-state index contributed by atoms with van der Waals surface area (Å²) in [7, 11) is -3.83. The molecule has 0 aliphatic carbocycles. The van der Waals surface area contributed by atoms with Crippen LogP contribution in [0.25, 0.3) is 0 Å². The number of sulfonamides is 1. The van der Waals surface area contributed by atoms with Gasteiger partial charge in [0.25, 0.3) is 5.56 Å². The highest BCUT2D eigenvalue weighted by atomic mass is 32.2. The zero-order chi connectivity index (χ0) is 19.4. The molecule has 2 aliphatic rings. The third kappa shape index (κ3) is 4.43. The maximum Gasteiger partial charge on any atom is 0.271 e. The molecule has 2 aliphatic heterocycles. The molecule has 0 aromatic carbocycles. The molecule has 0 unspecified atom stereocenters. The Hall–Kier alpha value is -1.67. The Kier molecular flexibility index (Phi) is 6.37. The van der Waals surface area contributed by atoms with Gasteiger partial charge >= 0.3 is 0 Å². The van der Waals surface area contributed by atoms with Gasteiger partial charge in [0.05, 0.1) is 0 Å². The van der Waals surface area contributed by atoms with Gasteiger partial charge in [0.1, 0.15) is 11.4 Å². The lowest BCUT2D eigenvalue weighted by molar-refractivity contribution is -0.135. The predicted octanol–water partition coefficient (Wildman–Crippen LogP) is 1.81. The lowest BCUT2D eigenvalue weighted by Gasteiger charge is -2.33. The first-order chi connectivity index (χ1) is 12.9. The summed E-state index contributed by atoms with van der Waals surface area (Å²) >= 11 is 0. The fraction of sp³-hybridized carbons (Fsp3) is 0.684. The van der Waals surface area contributed by atoms with Crippen LogP contribution in [0.2, 0.25) is 0 Å². The highest BCUT2D eigenvalue weighted by Crippen LogP contribution is 2.19. The zero-order valence-electron chi connectivity index (χ0n) is 16.0. The maximum absolute atomic E-state index is 13.0. The molecule has 3 rings (SSSR count). The van der Waals surface area contributed by atoms with E-state index in [4.69, 9.17) is 0 Å². The highest BCUT2D eigenvalue weighted by Gasteiger charge is 2.29. The van der Waals surface area contributed by atoms with Crippen LogP contribution in [0.3, 0.4) is 0 Å². The van der Waals surface area contributed by atoms with Crippen LogP contribution < -0.4 is 5.56 Å². The van der Waals surface area contributed by atoms with Gasteiger partial charge in [-0.2, -0.15) is 4.31 Å². The van der Waals surface area contributed by atoms with Crippen molar-refractivity contribution in [2.45, 2.75) is 69.4 Å². The van der Waals surface area contributed by atoms with Crippen molar-refractivity contribution < 1.29 is 13.2 Å². The van der Waals surface area contributed by atoms with Gasteiger partial charge in [-0.25, -0.2) is 8.42 Å². The minimum Gasteiger partial charge on any atom is -0.338 e. The number of carbonyl (C=O) groups excluding carboxylic acids is 1. The van der Waals surface area contributed by atoms with Crippen LogP contribution in [0.4, 0.5) is 0 Å². The number of hydrogen-bond acceptors (Lipinski definition) is 4. The van der Waals surface area contributed by atoms with Gasteiger partial charge < -0.3 is 9.47 Å². The summed E-state index contributed by atoms with van der Waals surface area (Å²) in [5, 5.41) is 0. The average molecular weight is 396 g/mol. The number of rotatable bonds is 4. The number of pyridine rings is 1. The van der Waals surface area contributed by atoms with E-state index in [1.807, 2.05) is 6.92 Å². The van der Waals surface area contributed by atoms with Crippen LogP contribution in [-0.4, -0.2) is 53.8 Å². The highest BCUT2D eigenvalue weighted by molar-refractivity contribution is 7.89. The topological polar surface area (TPSA) is 79.7 Å². The molecule has 1 amide bonds. The Morgan fingerprint density at radius 2 is 1.74 bits per heavy atom. The van der Waals surface area contributed by atoms with E-state index in [1.165, 1.54) is 21.1 Å². The first kappa shape index (κ1) is 20.1. The van der Waals surface area contributed by atoms with Gasteiger partial charge in [-0.1, -0.05) is 12.8 Å². The standard InChI is InChI=1S/C19H29N3O4S/c1-16-9-4-7-14-22(16)18(23)15-20-11-8-10-17(19(20)24)27(25,26)21-12-5-2-3-6-13-21/h8,10-11,16H,2-7,9,12-15H2,1H3/t16-/m0/s1. The molecule has 0 bridgehead atoms. The monoisotopic (exact) mass is 395 g/mol. The van der Waals surface area contributed by atoms with Gasteiger partial charge in [-0.3, -0.25) is 9.59 Å². The zero-order valence-corrected chi connectivity index (χ0v) is 16.8. The summed E-state index contributed by atoms with van der Waals surface area (Å²) in [6, 6.07) is 3.05. The molecule has 2 fully saturated rings. The van der Waals surface area contributed by atoms with Crippen molar-refractivity contribution in [3.8, 4) is 0 Å². The van der Waals surface area contributed by atoms with Gasteiger partial charge in [-0.15, -0.1) is 0 Å². The predicted molar refractivity (Wildman–Crippen MR) is 103 cm³/mol. The molecule has 1 aromatic heterocycles. The average Bonchev–Trinajstić information content (AvgIpc) is 2.93. The summed E-state index contributed by atoms with van der Waals surface area (Å²) < 4.78 is 28.6. The van der Waals surface area contributed by atoms with Crippen molar-refractivity contribution in [2.24, 2.45) is 0 Å². The van der Waals surface area contributed by atoms with Crippen molar-refractivity contribution in [1.29, 1.82) is 0 Å². The Morgan fingerprint density at radius 3 is 2.41 bits per heavy atom. The molecular formula is C19H29N3O4S. The molecule has 7 nitrogen and oxygen atoms in total. The molecule has 0 saturated carbocycles. The van der Waals surface area contributed by atoms with E-state index >= 15 is 0 Å². The van der Waals surface area contributed by atoms with Gasteiger partial charge in [0, 0.05) is 31.9 Å². The molecule has 0 spiro atoms. The van der Waals surface area contributed by atoms with Crippen LogP contribution in [0.1, 0.15) is 51.9 Å². The van der Waals surface area contributed by atoms with Crippen LogP contribution in [0.5, 0.6) is 0 Å². The van der Waals surface area contributed by atoms with Gasteiger partial charge in [0.2, 0.25) is 15.9 Å². The summed E-state index contributed by atoms with van der Waals surface area (Å²) in [6.45, 7) is 3.48. The summed E-state index contributed by atoms with van der Waals surface area (Å²) in [4.78, 5) is 27.0. The number of amides is 1. The van der Waals surface area contributed by atoms with Crippen LogP contribution in [0.15, 0.2) is 28.0 Å². The smallest absolute Gasteiger partial charge is 0.271 e. The van der Waals surface area contributed by atoms with E-state index in [0.717, 1.165) is 44.9 Å². The SMILES string of the molecule is C[C@H]1CCCCN1C(=O)Cn1cccc(S(=O)(=O)N2CCCCCC2)c1=O. The quantitative estimate of drug-likeness (QED) is 0.779. The maximum atomic E-state index is 13.0. The molecule has 27 heavy (non-hydrogen) atoms. The molecule has 150 valence electrons. The van der Waals surface area contributed by atoms with Crippen molar-refractivity contribution >= 4 is 15.9 Å². The van der Waals surface area contributed by atoms with E-state index in [2.05, 4.69) is 0 Å². The number of piperidine rings is 1. The van der Waals surface area contributed by atoms with Crippen LogP contribution in [-0.2, 0) is 21.4 Å². The van der Waals surface area contributed by atoms with Crippen LogP contribution in [0, 0.1) is 0 Å². The molecular weight excluding hydrogens is 366 g/mol. The number of carbonyl (C=O) groups is 1. The Balaban J connectivity index is 1.83. The molecule has 3 heterocycles. The Morgan fingerprint density at radius 1 is 1.07 bits per heavy atom. The third-order valence-corrected chi connectivity index (χ3v) is 7.51.